The number of aromatic amines is 1. The fourth-order valence-corrected chi connectivity index (χ4v) is 2.00. The van der Waals surface area contributed by atoms with Crippen LogP contribution in [-0.4, -0.2) is 57.2 Å². The van der Waals surface area contributed by atoms with E-state index in [1.54, 1.807) is 14.1 Å². The molecular weight excluding hydrogens is 440 g/mol. The summed E-state index contributed by atoms with van der Waals surface area (Å²) in [4.78, 5) is 41.6. The Hall–Kier alpha value is -3.48. The molecular formula is C19H22F4N4O5. The number of aliphatic carboxylic acids is 1. The second-order valence-corrected chi connectivity index (χ2v) is 7.18. The highest BCUT2D eigenvalue weighted by Gasteiger charge is 2.38. The standard InChI is InChI=1S/C17H21FN4O3.C2HF3O2/c1-17(2,22(3)4)16-20-12(13(23)15(25)21-16)14(24)19-9-10-5-7-11(18)8-6-10;3-2(4,5)1(6)7/h5-8,23H,9H2,1-4H3,(H,19,24)(H,20,21,25);(H,6,7). The first-order chi connectivity index (χ1) is 14.6. The van der Waals surface area contributed by atoms with Crippen molar-refractivity contribution >= 4 is 11.9 Å². The molecule has 2 aromatic rings. The van der Waals surface area contributed by atoms with Crippen LogP contribution in [0.15, 0.2) is 29.1 Å². The molecule has 1 aromatic heterocycles. The molecule has 0 aliphatic carbocycles. The number of aromatic hydroxyl groups is 1. The van der Waals surface area contributed by atoms with E-state index in [9.17, 15) is 32.3 Å². The summed E-state index contributed by atoms with van der Waals surface area (Å²) in [5.74, 6) is -4.31. The van der Waals surface area contributed by atoms with Crippen molar-refractivity contribution < 1.29 is 37.4 Å². The zero-order valence-corrected chi connectivity index (χ0v) is 17.5. The fraction of sp³-hybridized carbons (Fsp3) is 0.368. The first-order valence-electron chi connectivity index (χ1n) is 8.91. The number of alkyl halides is 3. The lowest BCUT2D eigenvalue weighted by Crippen LogP contribution is -2.39. The Morgan fingerprint density at radius 2 is 1.66 bits per heavy atom. The third-order valence-corrected chi connectivity index (χ3v) is 4.42. The van der Waals surface area contributed by atoms with Crippen LogP contribution in [0, 0.1) is 5.82 Å². The number of amides is 1. The SMILES string of the molecule is CN(C)C(C)(C)c1nc(C(=O)NCc2ccc(F)cc2)c(O)c(=O)[nH]1.O=C(O)C(F)(F)F. The van der Waals surface area contributed by atoms with E-state index >= 15 is 0 Å². The molecule has 0 fully saturated rings. The molecule has 9 nitrogen and oxygen atoms in total. The van der Waals surface area contributed by atoms with Crippen molar-refractivity contribution in [3.63, 3.8) is 0 Å². The van der Waals surface area contributed by atoms with Crippen LogP contribution in [0.4, 0.5) is 17.6 Å². The maximum Gasteiger partial charge on any atom is 0.490 e. The molecule has 0 saturated heterocycles. The van der Waals surface area contributed by atoms with Gasteiger partial charge in [0.25, 0.3) is 11.5 Å². The number of carbonyl (C=O) groups is 2. The minimum absolute atomic E-state index is 0.111. The summed E-state index contributed by atoms with van der Waals surface area (Å²) < 4.78 is 44.6. The van der Waals surface area contributed by atoms with Crippen LogP contribution in [0.25, 0.3) is 0 Å². The molecule has 1 aromatic carbocycles. The lowest BCUT2D eigenvalue weighted by molar-refractivity contribution is -0.192. The second-order valence-electron chi connectivity index (χ2n) is 7.18. The zero-order valence-electron chi connectivity index (χ0n) is 17.5. The Balaban J connectivity index is 0.000000633. The van der Waals surface area contributed by atoms with Gasteiger partial charge in [-0.25, -0.2) is 14.2 Å². The quantitative estimate of drug-likeness (QED) is 0.499. The van der Waals surface area contributed by atoms with Gasteiger partial charge < -0.3 is 20.5 Å². The van der Waals surface area contributed by atoms with Crippen LogP contribution < -0.4 is 10.9 Å². The highest BCUT2D eigenvalue weighted by molar-refractivity contribution is 5.94. The summed E-state index contributed by atoms with van der Waals surface area (Å²) in [7, 11) is 3.61. The van der Waals surface area contributed by atoms with E-state index < -0.39 is 34.9 Å². The maximum absolute atomic E-state index is 12.9. The molecule has 0 spiro atoms. The lowest BCUT2D eigenvalue weighted by atomic mass is 10.0. The molecule has 0 aliphatic rings. The van der Waals surface area contributed by atoms with Crippen LogP contribution >= 0.6 is 0 Å². The molecule has 0 radical (unpaired) electrons. The number of nitrogens with zero attached hydrogens (tertiary/aromatic N) is 2. The predicted octanol–water partition coefficient (Wildman–Crippen LogP) is 1.97. The number of carboxylic acid groups (broad SMARTS) is 1. The molecule has 0 unspecified atom stereocenters. The average Bonchev–Trinajstić information content (AvgIpc) is 2.68. The van der Waals surface area contributed by atoms with E-state index in [0.29, 0.717) is 5.56 Å². The van der Waals surface area contributed by atoms with Gasteiger partial charge in [0.05, 0.1) is 5.54 Å². The largest absolute Gasteiger partial charge is 0.501 e. The van der Waals surface area contributed by atoms with E-state index in [1.165, 1.54) is 24.3 Å². The zero-order chi connectivity index (χ0) is 24.9. The number of hydrogen-bond acceptors (Lipinski definition) is 6. The summed E-state index contributed by atoms with van der Waals surface area (Å²) in [5.41, 5.74) is -1.12. The van der Waals surface area contributed by atoms with Crippen molar-refractivity contribution in [3.05, 3.63) is 57.5 Å². The van der Waals surface area contributed by atoms with Gasteiger partial charge in [0.2, 0.25) is 5.75 Å². The predicted molar refractivity (Wildman–Crippen MR) is 104 cm³/mol. The van der Waals surface area contributed by atoms with Crippen molar-refractivity contribution in [1.29, 1.82) is 0 Å². The van der Waals surface area contributed by atoms with E-state index in [1.807, 2.05) is 18.7 Å². The Morgan fingerprint density at radius 3 is 2.09 bits per heavy atom. The number of halogens is 4. The van der Waals surface area contributed by atoms with Crippen LogP contribution in [0.1, 0.15) is 35.7 Å². The van der Waals surface area contributed by atoms with E-state index in [2.05, 4.69) is 15.3 Å². The number of hydrogen-bond donors (Lipinski definition) is 4. The molecule has 1 amide bonds. The molecule has 0 bridgehead atoms. The number of benzene rings is 1. The van der Waals surface area contributed by atoms with Crippen molar-refractivity contribution in [2.45, 2.75) is 32.1 Å². The highest BCUT2D eigenvalue weighted by Crippen LogP contribution is 2.22. The molecule has 4 N–H and O–H groups in total. The van der Waals surface area contributed by atoms with Crippen molar-refractivity contribution in [2.24, 2.45) is 0 Å². The van der Waals surface area contributed by atoms with Crippen molar-refractivity contribution in [3.8, 4) is 5.75 Å². The van der Waals surface area contributed by atoms with Gasteiger partial charge in [-0.15, -0.1) is 0 Å². The van der Waals surface area contributed by atoms with E-state index in [4.69, 9.17) is 9.90 Å². The monoisotopic (exact) mass is 462 g/mol. The number of rotatable bonds is 5. The highest BCUT2D eigenvalue weighted by atomic mass is 19.4. The molecule has 13 heteroatoms. The van der Waals surface area contributed by atoms with E-state index in [0.717, 1.165) is 0 Å². The Morgan fingerprint density at radius 1 is 1.16 bits per heavy atom. The van der Waals surface area contributed by atoms with Crippen molar-refractivity contribution in [1.82, 2.24) is 20.2 Å². The molecule has 32 heavy (non-hydrogen) atoms. The smallest absolute Gasteiger partial charge is 0.490 e. The molecule has 0 saturated carbocycles. The summed E-state index contributed by atoms with van der Waals surface area (Å²) in [6.07, 6.45) is -5.08. The Kier molecular flexibility index (Phi) is 8.48. The molecule has 1 heterocycles. The van der Waals surface area contributed by atoms with E-state index in [-0.39, 0.29) is 23.9 Å². The lowest BCUT2D eigenvalue weighted by Gasteiger charge is -2.31. The first-order valence-corrected chi connectivity index (χ1v) is 8.91. The van der Waals surface area contributed by atoms with Crippen LogP contribution in [0.3, 0.4) is 0 Å². The van der Waals surface area contributed by atoms with Gasteiger partial charge in [-0.2, -0.15) is 13.2 Å². The fourth-order valence-electron chi connectivity index (χ4n) is 2.00. The summed E-state index contributed by atoms with van der Waals surface area (Å²) in [5, 5.41) is 19.6. The topological polar surface area (TPSA) is 136 Å². The second kappa shape index (κ2) is 10.2. The number of carboxylic acids is 1. The molecule has 0 atom stereocenters. The van der Waals surface area contributed by atoms with Crippen molar-refractivity contribution in [2.75, 3.05) is 14.1 Å². The molecule has 176 valence electrons. The number of carbonyl (C=O) groups excluding carboxylic acids is 1. The minimum Gasteiger partial charge on any atom is -0.501 e. The van der Waals surface area contributed by atoms with Gasteiger partial charge >= 0.3 is 12.1 Å². The van der Waals surface area contributed by atoms with Crippen LogP contribution in [0.2, 0.25) is 0 Å². The Bertz CT molecular complexity index is 1020. The maximum atomic E-state index is 12.9. The van der Waals surface area contributed by atoms with Gasteiger partial charge in [-0.05, 0) is 45.6 Å². The number of nitrogens with one attached hydrogen (secondary N) is 2. The number of H-pyrrole nitrogens is 1. The summed E-state index contributed by atoms with van der Waals surface area (Å²) >= 11 is 0. The summed E-state index contributed by atoms with van der Waals surface area (Å²) in [6, 6.07) is 5.62. The first kappa shape index (κ1) is 26.6. The normalized spacial score (nSPS) is 11.5. The third-order valence-electron chi connectivity index (χ3n) is 4.42. The number of aromatic nitrogens is 2. The van der Waals surface area contributed by atoms with Crippen LogP contribution in [0.5, 0.6) is 5.75 Å². The van der Waals surface area contributed by atoms with Gasteiger partial charge in [0.15, 0.2) is 5.69 Å². The molecule has 2 rings (SSSR count). The van der Waals surface area contributed by atoms with Crippen LogP contribution in [-0.2, 0) is 16.9 Å². The average molecular weight is 462 g/mol. The van der Waals surface area contributed by atoms with Gasteiger partial charge in [0.1, 0.15) is 11.6 Å². The summed E-state index contributed by atoms with van der Waals surface area (Å²) in [6.45, 7) is 3.75. The third kappa shape index (κ3) is 7.04. The molecule has 0 aliphatic heterocycles. The van der Waals surface area contributed by atoms with Gasteiger partial charge in [-0.1, -0.05) is 12.1 Å². The van der Waals surface area contributed by atoms with Gasteiger partial charge in [0, 0.05) is 6.54 Å². The Labute approximate surface area is 179 Å². The van der Waals surface area contributed by atoms with Gasteiger partial charge in [-0.3, -0.25) is 14.5 Å². The minimum atomic E-state index is -5.08.